The maximum atomic E-state index is 13.0. The summed E-state index contributed by atoms with van der Waals surface area (Å²) in [4.78, 5) is 2.29. The predicted octanol–water partition coefficient (Wildman–Crippen LogP) is 4.12. The fourth-order valence-corrected chi connectivity index (χ4v) is 5.39. The summed E-state index contributed by atoms with van der Waals surface area (Å²) in [6.07, 6.45) is 1.26. The van der Waals surface area contributed by atoms with E-state index in [2.05, 4.69) is 11.8 Å². The third kappa shape index (κ3) is 3.75. The molecule has 0 aliphatic carbocycles. The summed E-state index contributed by atoms with van der Waals surface area (Å²) in [7, 11) is -5.33. The van der Waals surface area contributed by atoms with Crippen molar-refractivity contribution < 1.29 is 21.6 Å². The van der Waals surface area contributed by atoms with Crippen LogP contribution in [0.15, 0.2) is 28.0 Å². The van der Waals surface area contributed by atoms with Crippen LogP contribution in [0.1, 0.15) is 32.8 Å². The molecule has 0 N–H and O–H groups in total. The minimum atomic E-state index is -5.33. The third-order valence-corrected chi connectivity index (χ3v) is 6.99. The van der Waals surface area contributed by atoms with E-state index in [1.54, 1.807) is 6.07 Å². The monoisotopic (exact) mass is 381 g/mol. The first-order chi connectivity index (χ1) is 11.1. The van der Waals surface area contributed by atoms with Gasteiger partial charge in [0.05, 0.1) is 4.90 Å². The number of hydrogen-bond acceptors (Lipinski definition) is 4. The number of alkyl halides is 3. The van der Waals surface area contributed by atoms with Crippen molar-refractivity contribution in [3.8, 4) is 0 Å². The minimum Gasteiger partial charge on any atom is -0.297 e. The van der Waals surface area contributed by atoms with Gasteiger partial charge in [0.15, 0.2) is 0 Å². The Kier molecular flexibility index (Phi) is 5.92. The molecular formula is C16H22F3NO2S2. The Balaban J connectivity index is 2.44. The first-order valence-corrected chi connectivity index (χ1v) is 10.4. The lowest BCUT2D eigenvalue weighted by Gasteiger charge is -2.38. The number of nitrogens with zero attached hydrogens (tertiary/aromatic N) is 1. The molecule has 3 nitrogen and oxygen atoms in total. The lowest BCUT2D eigenvalue weighted by Crippen LogP contribution is -2.45. The van der Waals surface area contributed by atoms with Crippen LogP contribution in [-0.4, -0.2) is 43.2 Å². The Bertz CT molecular complexity index is 687. The van der Waals surface area contributed by atoms with Gasteiger partial charge >= 0.3 is 5.51 Å². The molecule has 1 atom stereocenters. The van der Waals surface area contributed by atoms with Crippen molar-refractivity contribution in [3.63, 3.8) is 0 Å². The van der Waals surface area contributed by atoms with Crippen LogP contribution >= 0.6 is 11.8 Å². The van der Waals surface area contributed by atoms with Gasteiger partial charge in [0.2, 0.25) is 0 Å². The molecular weight excluding hydrogens is 359 g/mol. The molecule has 0 saturated carbocycles. The summed E-state index contributed by atoms with van der Waals surface area (Å²) in [5, 5.41) is 0. The van der Waals surface area contributed by atoms with Gasteiger partial charge in [0.25, 0.3) is 9.84 Å². The molecule has 0 amide bonds. The second-order valence-corrected chi connectivity index (χ2v) is 9.15. The molecule has 1 aliphatic rings. The van der Waals surface area contributed by atoms with E-state index in [4.69, 9.17) is 0 Å². The van der Waals surface area contributed by atoms with Crippen molar-refractivity contribution in [1.29, 1.82) is 0 Å². The van der Waals surface area contributed by atoms with E-state index in [1.807, 2.05) is 13.8 Å². The lowest BCUT2D eigenvalue weighted by atomic mass is 10.0. The minimum absolute atomic E-state index is 0.0343. The van der Waals surface area contributed by atoms with E-state index < -0.39 is 20.2 Å². The zero-order valence-corrected chi connectivity index (χ0v) is 15.6. The van der Waals surface area contributed by atoms with Crippen LogP contribution in [0, 0.1) is 0 Å². The van der Waals surface area contributed by atoms with Gasteiger partial charge in [0, 0.05) is 22.7 Å². The summed E-state index contributed by atoms with van der Waals surface area (Å²) in [5.41, 5.74) is -4.97. The second kappa shape index (κ2) is 7.25. The van der Waals surface area contributed by atoms with Crippen molar-refractivity contribution in [2.45, 2.75) is 61.0 Å². The van der Waals surface area contributed by atoms with Gasteiger partial charge in [0.1, 0.15) is 0 Å². The maximum absolute atomic E-state index is 13.0. The molecule has 0 spiro atoms. The van der Waals surface area contributed by atoms with Crippen molar-refractivity contribution in [3.05, 3.63) is 23.8 Å². The summed E-state index contributed by atoms with van der Waals surface area (Å²) >= 11 is 1.44. The van der Waals surface area contributed by atoms with Gasteiger partial charge in [-0.2, -0.15) is 13.2 Å². The van der Waals surface area contributed by atoms with E-state index >= 15 is 0 Å². The molecule has 1 unspecified atom stereocenters. The molecule has 0 saturated heterocycles. The van der Waals surface area contributed by atoms with E-state index in [0.717, 1.165) is 24.8 Å². The zero-order valence-electron chi connectivity index (χ0n) is 13.9. The molecule has 0 aromatic heterocycles. The molecule has 0 radical (unpaired) electrons. The first kappa shape index (κ1) is 19.6. The van der Waals surface area contributed by atoms with Crippen LogP contribution < -0.4 is 0 Å². The first-order valence-electron chi connectivity index (χ1n) is 7.91. The molecule has 2 rings (SSSR count). The van der Waals surface area contributed by atoms with Crippen LogP contribution in [0.5, 0.6) is 0 Å². The molecule has 24 heavy (non-hydrogen) atoms. The smallest absolute Gasteiger partial charge is 0.297 e. The average molecular weight is 381 g/mol. The number of hydrogen-bond donors (Lipinski definition) is 0. The number of rotatable bonds is 5. The summed E-state index contributed by atoms with van der Waals surface area (Å²) in [6, 6.07) is 4.45. The molecule has 136 valence electrons. The highest BCUT2D eigenvalue weighted by atomic mass is 32.2. The Labute approximate surface area is 145 Å². The standard InChI is InChI=1S/C16H22F3NO2S2/c1-4-8-20(11(2)3)12-9-13-14(23-10-12)6-5-7-15(13)24(21,22)16(17,18)19/h5-7,11-12H,4,8-10H2,1-3H3. The van der Waals surface area contributed by atoms with Gasteiger partial charge in [-0.1, -0.05) is 13.0 Å². The Morgan fingerprint density at radius 3 is 2.54 bits per heavy atom. The molecule has 8 heteroatoms. The number of thioether (sulfide) groups is 1. The van der Waals surface area contributed by atoms with Gasteiger partial charge in [-0.15, -0.1) is 11.8 Å². The molecule has 1 aromatic carbocycles. The Hall–Kier alpha value is -0.730. The summed E-state index contributed by atoms with van der Waals surface area (Å²) < 4.78 is 62.8. The highest BCUT2D eigenvalue weighted by Gasteiger charge is 2.48. The van der Waals surface area contributed by atoms with Crippen LogP contribution in [-0.2, 0) is 16.3 Å². The molecule has 1 aromatic rings. The number of fused-ring (bicyclic) bond motifs is 1. The summed E-state index contributed by atoms with van der Waals surface area (Å²) in [6.45, 7) is 6.99. The Morgan fingerprint density at radius 1 is 1.33 bits per heavy atom. The summed E-state index contributed by atoms with van der Waals surface area (Å²) in [5.74, 6) is 0.751. The second-order valence-electron chi connectivity index (χ2n) is 6.18. The van der Waals surface area contributed by atoms with Gasteiger partial charge < -0.3 is 0 Å². The number of sulfone groups is 1. The average Bonchev–Trinajstić information content (AvgIpc) is 2.50. The fourth-order valence-electron chi connectivity index (χ4n) is 3.07. The topological polar surface area (TPSA) is 37.4 Å². The van der Waals surface area contributed by atoms with Crippen molar-refractivity contribution in [1.82, 2.24) is 4.90 Å². The van der Waals surface area contributed by atoms with E-state index in [0.29, 0.717) is 16.9 Å². The maximum Gasteiger partial charge on any atom is 0.501 e. The van der Waals surface area contributed by atoms with E-state index in [1.165, 1.54) is 17.8 Å². The van der Waals surface area contributed by atoms with Gasteiger partial charge in [-0.3, -0.25) is 4.90 Å². The largest absolute Gasteiger partial charge is 0.501 e. The van der Waals surface area contributed by atoms with Crippen LogP contribution in [0.2, 0.25) is 0 Å². The van der Waals surface area contributed by atoms with Crippen LogP contribution in [0.3, 0.4) is 0 Å². The number of halogens is 3. The van der Waals surface area contributed by atoms with E-state index in [-0.39, 0.29) is 12.1 Å². The number of benzene rings is 1. The highest BCUT2D eigenvalue weighted by molar-refractivity contribution is 7.99. The van der Waals surface area contributed by atoms with Crippen LogP contribution in [0.25, 0.3) is 0 Å². The van der Waals surface area contributed by atoms with Gasteiger partial charge in [-0.05, 0) is 50.9 Å². The zero-order chi connectivity index (χ0) is 18.1. The molecule has 1 aliphatic heterocycles. The molecule has 0 bridgehead atoms. The third-order valence-electron chi connectivity index (χ3n) is 4.17. The lowest BCUT2D eigenvalue weighted by molar-refractivity contribution is -0.0436. The van der Waals surface area contributed by atoms with E-state index in [9.17, 15) is 21.6 Å². The van der Waals surface area contributed by atoms with Crippen molar-refractivity contribution in [2.24, 2.45) is 0 Å². The van der Waals surface area contributed by atoms with Crippen molar-refractivity contribution >= 4 is 21.6 Å². The quantitative estimate of drug-likeness (QED) is 0.769. The molecule has 1 heterocycles. The van der Waals surface area contributed by atoms with Crippen molar-refractivity contribution in [2.75, 3.05) is 12.3 Å². The fraction of sp³-hybridized carbons (Fsp3) is 0.625. The SMILES string of the molecule is CCCN(C(C)C)C1CSc2cccc(S(=O)(=O)C(F)(F)F)c2C1. The Morgan fingerprint density at radius 2 is 2.00 bits per heavy atom. The normalized spacial score (nSPS) is 18.9. The predicted molar refractivity (Wildman–Crippen MR) is 90.0 cm³/mol. The highest BCUT2D eigenvalue weighted by Crippen LogP contribution is 2.40. The molecule has 0 fully saturated rings. The van der Waals surface area contributed by atoms with Gasteiger partial charge in [-0.25, -0.2) is 8.42 Å². The van der Waals surface area contributed by atoms with Crippen LogP contribution in [0.4, 0.5) is 13.2 Å².